The van der Waals surface area contributed by atoms with Gasteiger partial charge in [-0.25, -0.2) is 8.42 Å². The number of carbonyl (C=O) groups excluding carboxylic acids is 1. The molecule has 10 heteroatoms. The Morgan fingerprint density at radius 1 is 0.763 bits per heavy atom. The lowest BCUT2D eigenvalue weighted by Gasteiger charge is -2.16. The molecule has 0 saturated heterocycles. The molecule has 38 heavy (non-hydrogen) atoms. The summed E-state index contributed by atoms with van der Waals surface area (Å²) in [7, 11) is -3.98. The van der Waals surface area contributed by atoms with E-state index in [0.29, 0.717) is 33.9 Å². The first-order chi connectivity index (χ1) is 18.1. The molecule has 0 radical (unpaired) electrons. The minimum atomic E-state index is -4.49. The fourth-order valence-electron chi connectivity index (χ4n) is 4.05. The second-order valence-electron chi connectivity index (χ2n) is 8.45. The van der Waals surface area contributed by atoms with Crippen molar-refractivity contribution in [1.29, 1.82) is 0 Å². The Hall–Kier alpha value is -4.57. The summed E-state index contributed by atoms with van der Waals surface area (Å²) in [6, 6.07) is 25.9. The van der Waals surface area contributed by atoms with Crippen LogP contribution in [0.25, 0.3) is 11.3 Å². The molecule has 4 aromatic rings. The third-order valence-electron chi connectivity index (χ3n) is 5.87. The van der Waals surface area contributed by atoms with Crippen molar-refractivity contribution in [1.82, 2.24) is 0 Å². The molecule has 1 heterocycles. The summed E-state index contributed by atoms with van der Waals surface area (Å²) >= 11 is 0. The number of benzene rings is 4. The minimum Gasteiger partial charge on any atom is -0.354 e. The molecule has 0 bridgehead atoms. The monoisotopic (exact) mass is 535 g/mol. The molecule has 3 N–H and O–H groups in total. The van der Waals surface area contributed by atoms with Gasteiger partial charge in [-0.15, -0.1) is 0 Å². The fraction of sp³-hybridized carbons (Fsp3) is 0.0357. The topological polar surface area (TPSA) is 87.3 Å². The standard InChI is InChI=1S/C28H20F3N3O3S/c29-28(30,31)19-11-13-20(14-12-19)32-26(18-7-3-1-4-8-18)25-23-17-22(15-16-24(23)33-27(25)35)38(36,37)34-21-9-5-2-6-10-21/h1-17,32,34H,(H,33,35)/b26-25-. The Labute approximate surface area is 216 Å². The van der Waals surface area contributed by atoms with Crippen LogP contribution in [0.3, 0.4) is 0 Å². The van der Waals surface area contributed by atoms with Crippen LogP contribution < -0.4 is 15.4 Å². The second-order valence-corrected chi connectivity index (χ2v) is 10.1. The number of nitrogens with one attached hydrogen (secondary N) is 3. The van der Waals surface area contributed by atoms with Crippen LogP contribution in [0.4, 0.5) is 30.2 Å². The summed E-state index contributed by atoms with van der Waals surface area (Å²) < 4.78 is 67.8. The number of hydrogen-bond acceptors (Lipinski definition) is 4. The molecule has 6 nitrogen and oxygen atoms in total. The number of amides is 1. The molecular formula is C28H20F3N3O3S. The van der Waals surface area contributed by atoms with Gasteiger partial charge in [0.05, 0.1) is 21.7 Å². The lowest BCUT2D eigenvalue weighted by molar-refractivity contribution is -0.137. The van der Waals surface area contributed by atoms with Crippen LogP contribution in [0.1, 0.15) is 16.7 Å². The third kappa shape index (κ3) is 5.12. The highest BCUT2D eigenvalue weighted by Gasteiger charge is 2.32. The molecule has 0 atom stereocenters. The highest BCUT2D eigenvalue weighted by atomic mass is 32.2. The van der Waals surface area contributed by atoms with E-state index < -0.39 is 27.7 Å². The summed E-state index contributed by atoms with van der Waals surface area (Å²) in [6.45, 7) is 0. The number of para-hydroxylation sites is 1. The smallest absolute Gasteiger partial charge is 0.354 e. The highest BCUT2D eigenvalue weighted by molar-refractivity contribution is 7.92. The van der Waals surface area contributed by atoms with Crippen molar-refractivity contribution in [2.45, 2.75) is 11.1 Å². The first-order valence-electron chi connectivity index (χ1n) is 11.4. The maximum absolute atomic E-state index is 13.2. The molecule has 0 aromatic heterocycles. The van der Waals surface area contributed by atoms with Crippen LogP contribution in [0.15, 0.2) is 108 Å². The van der Waals surface area contributed by atoms with Gasteiger partial charge in [-0.3, -0.25) is 9.52 Å². The summed E-state index contributed by atoms with van der Waals surface area (Å²) in [5, 5.41) is 5.81. The fourth-order valence-corrected chi connectivity index (χ4v) is 5.14. The van der Waals surface area contributed by atoms with Crippen molar-refractivity contribution < 1.29 is 26.4 Å². The molecule has 5 rings (SSSR count). The van der Waals surface area contributed by atoms with Gasteiger partial charge in [0.1, 0.15) is 0 Å². The summed E-state index contributed by atoms with van der Waals surface area (Å²) in [5.74, 6) is -0.483. The minimum absolute atomic E-state index is 0.0592. The van der Waals surface area contributed by atoms with E-state index in [9.17, 15) is 26.4 Å². The number of sulfonamides is 1. The first kappa shape index (κ1) is 25.1. The van der Waals surface area contributed by atoms with Crippen molar-refractivity contribution in [2.75, 3.05) is 15.4 Å². The van der Waals surface area contributed by atoms with Crippen molar-refractivity contribution in [3.05, 3.63) is 120 Å². The molecule has 4 aromatic carbocycles. The maximum atomic E-state index is 13.2. The van der Waals surface area contributed by atoms with Gasteiger partial charge in [0.15, 0.2) is 0 Å². The Bertz CT molecular complexity index is 1640. The van der Waals surface area contributed by atoms with Crippen LogP contribution >= 0.6 is 0 Å². The van der Waals surface area contributed by atoms with Crippen molar-refractivity contribution in [3.8, 4) is 0 Å². The summed E-state index contributed by atoms with van der Waals surface area (Å²) in [5.41, 5.74) is 1.69. The Kier molecular flexibility index (Phi) is 6.41. The summed E-state index contributed by atoms with van der Waals surface area (Å²) in [6.07, 6.45) is -4.49. The average molecular weight is 536 g/mol. The van der Waals surface area contributed by atoms with Crippen LogP contribution in [-0.4, -0.2) is 14.3 Å². The number of fused-ring (bicyclic) bond motifs is 1. The molecule has 0 saturated carbocycles. The van der Waals surface area contributed by atoms with E-state index in [1.54, 1.807) is 60.7 Å². The van der Waals surface area contributed by atoms with Crippen LogP contribution in [0.2, 0.25) is 0 Å². The third-order valence-corrected chi connectivity index (χ3v) is 7.24. The van der Waals surface area contributed by atoms with Gasteiger partial charge in [-0.1, -0.05) is 48.5 Å². The van der Waals surface area contributed by atoms with Gasteiger partial charge >= 0.3 is 6.18 Å². The van der Waals surface area contributed by atoms with E-state index in [4.69, 9.17) is 0 Å². The first-order valence-corrected chi connectivity index (χ1v) is 12.9. The van der Waals surface area contributed by atoms with Gasteiger partial charge in [0, 0.05) is 22.6 Å². The van der Waals surface area contributed by atoms with Crippen molar-refractivity contribution in [2.24, 2.45) is 0 Å². The Balaban J connectivity index is 1.60. The molecule has 0 aliphatic carbocycles. The van der Waals surface area contributed by atoms with Gasteiger partial charge in [0.2, 0.25) is 0 Å². The number of halogens is 3. The predicted octanol–water partition coefficient (Wildman–Crippen LogP) is 6.44. The molecular weight excluding hydrogens is 515 g/mol. The van der Waals surface area contributed by atoms with Crippen LogP contribution in [-0.2, 0) is 21.0 Å². The summed E-state index contributed by atoms with van der Waals surface area (Å²) in [4.78, 5) is 13.1. The van der Waals surface area contributed by atoms with Crippen molar-refractivity contribution in [3.63, 3.8) is 0 Å². The normalized spacial score (nSPS) is 14.4. The molecule has 1 aliphatic rings. The van der Waals surface area contributed by atoms with Crippen LogP contribution in [0, 0.1) is 0 Å². The van der Waals surface area contributed by atoms with Crippen molar-refractivity contribution >= 4 is 44.3 Å². The molecule has 192 valence electrons. The van der Waals surface area contributed by atoms with Crippen LogP contribution in [0.5, 0.6) is 0 Å². The zero-order valence-electron chi connectivity index (χ0n) is 19.6. The van der Waals surface area contributed by atoms with E-state index >= 15 is 0 Å². The number of alkyl halides is 3. The van der Waals surface area contributed by atoms with Gasteiger partial charge in [0.25, 0.3) is 15.9 Å². The van der Waals surface area contributed by atoms with E-state index in [2.05, 4.69) is 15.4 Å². The highest BCUT2D eigenvalue weighted by Crippen LogP contribution is 2.39. The molecule has 0 fully saturated rings. The SMILES string of the molecule is O=C1Nc2ccc(S(=O)(=O)Nc3ccccc3)cc2/C1=C(/Nc1ccc(C(F)(F)F)cc1)c1ccccc1. The molecule has 0 unspecified atom stereocenters. The van der Waals surface area contributed by atoms with E-state index in [1.165, 1.54) is 30.3 Å². The number of anilines is 3. The quantitative estimate of drug-likeness (QED) is 0.248. The Morgan fingerprint density at radius 3 is 2.03 bits per heavy atom. The zero-order chi connectivity index (χ0) is 26.9. The second kappa shape index (κ2) is 9.71. The Morgan fingerprint density at radius 2 is 1.39 bits per heavy atom. The number of carbonyl (C=O) groups is 1. The molecule has 1 amide bonds. The average Bonchev–Trinajstić information content (AvgIpc) is 3.22. The molecule has 1 aliphatic heterocycles. The van der Waals surface area contributed by atoms with Gasteiger partial charge in [-0.2, -0.15) is 13.2 Å². The number of rotatable bonds is 6. The van der Waals surface area contributed by atoms with Gasteiger partial charge < -0.3 is 10.6 Å². The lowest BCUT2D eigenvalue weighted by Crippen LogP contribution is -2.13. The van der Waals surface area contributed by atoms with Gasteiger partial charge in [-0.05, 0) is 60.2 Å². The van der Waals surface area contributed by atoms with E-state index in [-0.39, 0.29) is 10.5 Å². The van der Waals surface area contributed by atoms with E-state index in [0.717, 1.165) is 12.1 Å². The predicted molar refractivity (Wildman–Crippen MR) is 141 cm³/mol. The lowest BCUT2D eigenvalue weighted by atomic mass is 10.00. The maximum Gasteiger partial charge on any atom is 0.416 e. The number of hydrogen-bond donors (Lipinski definition) is 3. The zero-order valence-corrected chi connectivity index (χ0v) is 20.4. The molecule has 0 spiro atoms. The van der Waals surface area contributed by atoms with E-state index in [1.807, 2.05) is 0 Å². The largest absolute Gasteiger partial charge is 0.416 e.